The molecule has 1 aromatic rings. The first-order valence-electron chi connectivity index (χ1n) is 6.16. The Morgan fingerprint density at radius 2 is 1.95 bits per heavy atom. The van der Waals surface area contributed by atoms with Crippen LogP contribution in [-0.2, 0) is 14.8 Å². The largest absolute Gasteiger partial charge is 0.481 e. The van der Waals surface area contributed by atoms with E-state index in [9.17, 15) is 17.6 Å². The van der Waals surface area contributed by atoms with Gasteiger partial charge in [-0.15, -0.1) is 0 Å². The van der Waals surface area contributed by atoms with Crippen molar-refractivity contribution in [3.05, 3.63) is 29.0 Å². The van der Waals surface area contributed by atoms with Crippen molar-refractivity contribution in [1.82, 2.24) is 4.31 Å². The summed E-state index contributed by atoms with van der Waals surface area (Å²) in [4.78, 5) is 10.1. The molecule has 0 radical (unpaired) electrons. The van der Waals surface area contributed by atoms with Crippen molar-refractivity contribution >= 4 is 27.6 Å². The number of nitrogens with zero attached hydrogens (tertiary/aromatic N) is 1. The molecule has 118 valence electrons. The van der Waals surface area contributed by atoms with Gasteiger partial charge in [0.1, 0.15) is 4.90 Å². The van der Waals surface area contributed by atoms with Crippen molar-refractivity contribution in [2.24, 2.45) is 0 Å². The van der Waals surface area contributed by atoms with Crippen LogP contribution in [0.5, 0.6) is 0 Å². The number of halogens is 2. The number of benzene rings is 1. The highest BCUT2D eigenvalue weighted by Gasteiger charge is 2.36. The summed E-state index contributed by atoms with van der Waals surface area (Å²) in [7, 11) is -4.20. The minimum absolute atomic E-state index is 0.257. The summed E-state index contributed by atoms with van der Waals surface area (Å²) in [6, 6.07) is 3.68. The molecule has 0 fully saturated rings. The van der Waals surface area contributed by atoms with Gasteiger partial charge in [0, 0.05) is 12.1 Å². The highest BCUT2D eigenvalue weighted by molar-refractivity contribution is 7.89. The van der Waals surface area contributed by atoms with Crippen LogP contribution in [0.2, 0.25) is 5.02 Å². The van der Waals surface area contributed by atoms with Crippen molar-refractivity contribution in [1.29, 1.82) is 0 Å². The monoisotopic (exact) mass is 337 g/mol. The molecule has 0 unspecified atom stereocenters. The number of carbonyl (C=O) groups is 1. The molecule has 5 nitrogen and oxygen atoms in total. The van der Waals surface area contributed by atoms with E-state index in [2.05, 4.69) is 0 Å². The van der Waals surface area contributed by atoms with Gasteiger partial charge in [-0.2, -0.15) is 4.31 Å². The molecule has 0 aliphatic heterocycles. The van der Waals surface area contributed by atoms with Gasteiger partial charge in [0.2, 0.25) is 10.0 Å². The van der Waals surface area contributed by atoms with Crippen molar-refractivity contribution in [3.63, 3.8) is 0 Å². The van der Waals surface area contributed by atoms with Gasteiger partial charge >= 0.3 is 5.97 Å². The van der Waals surface area contributed by atoms with Crippen molar-refractivity contribution in [3.8, 4) is 0 Å². The van der Waals surface area contributed by atoms with Crippen LogP contribution < -0.4 is 0 Å². The average Bonchev–Trinajstić information content (AvgIpc) is 2.30. The zero-order chi connectivity index (χ0) is 16.4. The van der Waals surface area contributed by atoms with E-state index in [4.69, 9.17) is 16.7 Å². The summed E-state index contributed by atoms with van der Waals surface area (Å²) in [5.41, 5.74) is -0.900. The molecule has 0 bridgehead atoms. The fourth-order valence-electron chi connectivity index (χ4n) is 1.82. The lowest BCUT2D eigenvalue weighted by atomic mass is 10.1. The first-order valence-corrected chi connectivity index (χ1v) is 7.98. The minimum Gasteiger partial charge on any atom is -0.481 e. The molecule has 0 heterocycles. The zero-order valence-corrected chi connectivity index (χ0v) is 13.5. The maximum Gasteiger partial charge on any atom is 0.304 e. The molecule has 0 aromatic heterocycles. The van der Waals surface area contributed by atoms with Gasteiger partial charge in [-0.1, -0.05) is 17.7 Å². The van der Waals surface area contributed by atoms with Crippen LogP contribution in [0.4, 0.5) is 4.39 Å². The van der Waals surface area contributed by atoms with Crippen LogP contribution in [0.1, 0.15) is 27.2 Å². The Morgan fingerprint density at radius 1 is 1.38 bits per heavy atom. The first kappa shape index (κ1) is 17.9. The Bertz CT molecular complexity index is 640. The topological polar surface area (TPSA) is 74.7 Å². The van der Waals surface area contributed by atoms with Gasteiger partial charge in [-0.25, -0.2) is 12.8 Å². The molecule has 21 heavy (non-hydrogen) atoms. The van der Waals surface area contributed by atoms with Gasteiger partial charge in [0.05, 0.1) is 11.4 Å². The number of hydrogen-bond acceptors (Lipinski definition) is 3. The average molecular weight is 338 g/mol. The molecular weight excluding hydrogens is 321 g/mol. The Kier molecular flexibility index (Phi) is 5.35. The van der Waals surface area contributed by atoms with E-state index >= 15 is 0 Å². The molecule has 0 aliphatic rings. The molecule has 0 saturated carbocycles. The third-order valence-corrected chi connectivity index (χ3v) is 5.23. The van der Waals surface area contributed by atoms with E-state index in [0.29, 0.717) is 0 Å². The second kappa shape index (κ2) is 6.29. The van der Waals surface area contributed by atoms with Crippen LogP contribution in [-0.4, -0.2) is 35.9 Å². The summed E-state index contributed by atoms with van der Waals surface area (Å²) in [6.07, 6.45) is -0.376. The number of rotatable bonds is 5. The van der Waals surface area contributed by atoms with Crippen LogP contribution in [0.15, 0.2) is 23.1 Å². The predicted molar refractivity (Wildman–Crippen MR) is 77.3 cm³/mol. The second-order valence-corrected chi connectivity index (χ2v) is 7.68. The highest BCUT2D eigenvalue weighted by Crippen LogP contribution is 2.29. The first-order chi connectivity index (χ1) is 9.48. The van der Waals surface area contributed by atoms with E-state index in [-0.39, 0.29) is 18.0 Å². The molecule has 0 atom stereocenters. The summed E-state index contributed by atoms with van der Waals surface area (Å²) in [5, 5.41) is 8.44. The van der Waals surface area contributed by atoms with Gasteiger partial charge in [-0.05, 0) is 32.9 Å². The number of hydrogen-bond donors (Lipinski definition) is 1. The fraction of sp³-hybridized carbons (Fsp3) is 0.462. The Morgan fingerprint density at radius 3 is 2.43 bits per heavy atom. The van der Waals surface area contributed by atoms with E-state index in [1.54, 1.807) is 20.8 Å². The van der Waals surface area contributed by atoms with E-state index < -0.39 is 32.2 Å². The fourth-order valence-corrected chi connectivity index (χ4v) is 3.92. The Balaban J connectivity index is 3.34. The zero-order valence-electron chi connectivity index (χ0n) is 11.9. The standard InChI is InChI=1S/C13H17ClFNO4S/c1-13(2,3)16(8-7-11(17)18)21(19,20)10-6-4-5-9(14)12(10)15/h4-6H,7-8H2,1-3H3,(H,17,18). The number of carboxylic acid groups (broad SMARTS) is 1. The lowest BCUT2D eigenvalue weighted by Gasteiger charge is -2.34. The van der Waals surface area contributed by atoms with Crippen LogP contribution in [0.3, 0.4) is 0 Å². The normalized spacial score (nSPS) is 12.7. The molecule has 0 spiro atoms. The van der Waals surface area contributed by atoms with Crippen molar-refractivity contribution < 1.29 is 22.7 Å². The van der Waals surface area contributed by atoms with Gasteiger partial charge in [0.25, 0.3) is 0 Å². The molecular formula is C13H17ClFNO4S. The molecule has 0 aliphatic carbocycles. The quantitative estimate of drug-likeness (QED) is 0.896. The Labute approximate surface area is 128 Å². The second-order valence-electron chi connectivity index (χ2n) is 5.44. The maximum absolute atomic E-state index is 14.0. The maximum atomic E-state index is 14.0. The smallest absolute Gasteiger partial charge is 0.304 e. The third kappa shape index (κ3) is 4.15. The van der Waals surface area contributed by atoms with Crippen LogP contribution in [0.25, 0.3) is 0 Å². The van der Waals surface area contributed by atoms with Gasteiger partial charge in [0.15, 0.2) is 5.82 Å². The molecule has 0 saturated heterocycles. The van der Waals surface area contributed by atoms with E-state index in [1.807, 2.05) is 0 Å². The summed E-state index contributed by atoms with van der Waals surface area (Å²) >= 11 is 5.61. The summed E-state index contributed by atoms with van der Waals surface area (Å²) < 4.78 is 40.1. The summed E-state index contributed by atoms with van der Waals surface area (Å²) in [6.45, 7) is 4.56. The molecule has 1 aromatic carbocycles. The van der Waals surface area contributed by atoms with Crippen LogP contribution in [0, 0.1) is 5.82 Å². The predicted octanol–water partition coefficient (Wildman–Crippen LogP) is 2.74. The van der Waals surface area contributed by atoms with Gasteiger partial charge < -0.3 is 5.11 Å². The van der Waals surface area contributed by atoms with Gasteiger partial charge in [-0.3, -0.25) is 4.79 Å². The highest BCUT2D eigenvalue weighted by atomic mass is 35.5. The van der Waals surface area contributed by atoms with E-state index in [0.717, 1.165) is 10.4 Å². The number of aliphatic carboxylic acids is 1. The lowest BCUT2D eigenvalue weighted by molar-refractivity contribution is -0.137. The Hall–Kier alpha value is -1.18. The SMILES string of the molecule is CC(C)(C)N(CCC(=O)O)S(=O)(=O)c1cccc(Cl)c1F. The van der Waals surface area contributed by atoms with Crippen molar-refractivity contribution in [2.45, 2.75) is 37.6 Å². The molecule has 1 rings (SSSR count). The molecule has 8 heteroatoms. The number of sulfonamides is 1. The molecule has 1 N–H and O–H groups in total. The minimum atomic E-state index is -4.20. The third-order valence-electron chi connectivity index (χ3n) is 2.76. The molecule has 0 amide bonds. The van der Waals surface area contributed by atoms with E-state index in [1.165, 1.54) is 12.1 Å². The van der Waals surface area contributed by atoms with Crippen molar-refractivity contribution in [2.75, 3.05) is 6.54 Å². The van der Waals surface area contributed by atoms with Crippen LogP contribution >= 0.6 is 11.6 Å². The number of carboxylic acids is 1. The lowest BCUT2D eigenvalue weighted by Crippen LogP contribution is -2.46. The summed E-state index contributed by atoms with van der Waals surface area (Å²) in [5.74, 6) is -2.17.